The Balaban J connectivity index is 1.63. The summed E-state index contributed by atoms with van der Waals surface area (Å²) in [5.74, 6) is 0.301. The molecule has 36 heavy (non-hydrogen) atoms. The van der Waals surface area contributed by atoms with Crippen LogP contribution in [0.2, 0.25) is 0 Å². The van der Waals surface area contributed by atoms with Crippen LogP contribution >= 0.6 is 0 Å². The van der Waals surface area contributed by atoms with Gasteiger partial charge in [-0.1, -0.05) is 38.1 Å². The molecule has 4 aromatic rings. The summed E-state index contributed by atoms with van der Waals surface area (Å²) in [7, 11) is 1.57. The van der Waals surface area contributed by atoms with Crippen LogP contribution in [0.5, 0.6) is 5.75 Å². The highest BCUT2D eigenvalue weighted by atomic mass is 16.5. The number of carbonyl (C=O) groups excluding carboxylic acids is 1. The van der Waals surface area contributed by atoms with Gasteiger partial charge in [-0.3, -0.25) is 9.48 Å². The molecule has 0 fully saturated rings. The molecule has 4 rings (SSSR count). The van der Waals surface area contributed by atoms with E-state index in [0.29, 0.717) is 17.0 Å². The molecule has 0 aliphatic carbocycles. The number of anilines is 1. The number of aromatic nitrogens is 5. The van der Waals surface area contributed by atoms with E-state index in [1.807, 2.05) is 67.3 Å². The number of hydrogen-bond donors (Lipinski definition) is 1. The number of ether oxygens (including phenoxy) is 1. The van der Waals surface area contributed by atoms with Gasteiger partial charge >= 0.3 is 0 Å². The number of nitrogens with one attached hydrogen (secondary N) is 1. The number of aryl methyl sites for hydroxylation is 1. The number of benzene rings is 2. The average molecular weight is 487 g/mol. The van der Waals surface area contributed by atoms with Gasteiger partial charge in [0.1, 0.15) is 11.4 Å². The molecular formula is C28H34N6O2. The summed E-state index contributed by atoms with van der Waals surface area (Å²) < 4.78 is 9.17. The molecule has 0 atom stereocenters. The smallest absolute Gasteiger partial charge is 0.259 e. The first kappa shape index (κ1) is 25.2. The van der Waals surface area contributed by atoms with Crippen LogP contribution < -0.4 is 10.1 Å². The van der Waals surface area contributed by atoms with E-state index >= 15 is 0 Å². The van der Waals surface area contributed by atoms with Crippen molar-refractivity contribution >= 4 is 11.6 Å². The molecule has 0 radical (unpaired) electrons. The van der Waals surface area contributed by atoms with Crippen LogP contribution in [0.1, 0.15) is 67.8 Å². The van der Waals surface area contributed by atoms with Crippen LogP contribution in [0.4, 0.5) is 5.69 Å². The largest absolute Gasteiger partial charge is 0.496 e. The van der Waals surface area contributed by atoms with Gasteiger partial charge in [0.2, 0.25) is 0 Å². The lowest BCUT2D eigenvalue weighted by molar-refractivity contribution is 0.102. The highest BCUT2D eigenvalue weighted by Crippen LogP contribution is 2.29. The minimum absolute atomic E-state index is 0.0901. The molecule has 1 N–H and O–H groups in total. The zero-order chi connectivity index (χ0) is 26.2. The van der Waals surface area contributed by atoms with Gasteiger partial charge in [0, 0.05) is 23.0 Å². The van der Waals surface area contributed by atoms with E-state index in [1.54, 1.807) is 11.8 Å². The van der Waals surface area contributed by atoms with Crippen LogP contribution in [-0.2, 0) is 5.41 Å². The summed E-state index contributed by atoms with van der Waals surface area (Å²) >= 11 is 0. The molecule has 0 spiro atoms. The predicted molar refractivity (Wildman–Crippen MR) is 142 cm³/mol. The second kappa shape index (κ2) is 9.60. The molecule has 8 nitrogen and oxygen atoms in total. The second-order valence-corrected chi connectivity index (χ2v) is 10.4. The molecule has 8 heteroatoms. The molecular weight excluding hydrogens is 452 g/mol. The van der Waals surface area contributed by atoms with E-state index in [-0.39, 0.29) is 17.4 Å². The van der Waals surface area contributed by atoms with Crippen LogP contribution in [0.15, 0.2) is 48.8 Å². The predicted octanol–water partition coefficient (Wildman–Crippen LogP) is 5.89. The SMILES string of the molecule is COc1ccc(C(C)(C)C)cc1C(=O)Nc1ccc(C)c(-n2cc(-c3cnn(C(C)C)c3C)nn2)c1. The van der Waals surface area contributed by atoms with Gasteiger partial charge in [-0.2, -0.15) is 5.10 Å². The summed E-state index contributed by atoms with van der Waals surface area (Å²) in [4.78, 5) is 13.3. The Morgan fingerprint density at radius 3 is 2.47 bits per heavy atom. The normalized spacial score (nSPS) is 11.7. The molecule has 0 bridgehead atoms. The third-order valence-corrected chi connectivity index (χ3v) is 6.33. The fourth-order valence-corrected chi connectivity index (χ4v) is 4.18. The van der Waals surface area contributed by atoms with Gasteiger partial charge in [-0.05, 0) is 68.5 Å². The van der Waals surface area contributed by atoms with Crippen molar-refractivity contribution in [3.63, 3.8) is 0 Å². The van der Waals surface area contributed by atoms with Crippen LogP contribution in [0, 0.1) is 13.8 Å². The van der Waals surface area contributed by atoms with Crippen molar-refractivity contribution in [1.29, 1.82) is 0 Å². The molecule has 2 aromatic heterocycles. The van der Waals surface area contributed by atoms with Gasteiger partial charge in [-0.25, -0.2) is 4.68 Å². The lowest BCUT2D eigenvalue weighted by Crippen LogP contribution is -2.17. The van der Waals surface area contributed by atoms with Crippen molar-refractivity contribution in [3.8, 4) is 22.7 Å². The molecule has 2 aromatic carbocycles. The summed E-state index contributed by atoms with van der Waals surface area (Å²) in [5, 5.41) is 16.2. The standard InChI is InChI=1S/C28H34N6O2/c1-17(2)34-19(4)23(15-29-34)24-16-33(32-31-24)25-14-21(11-9-18(25)3)30-27(35)22-13-20(28(5,6)7)10-12-26(22)36-8/h9-17H,1-8H3,(H,30,35). The Labute approximate surface area is 212 Å². The van der Waals surface area contributed by atoms with Gasteiger partial charge in [-0.15, -0.1) is 5.10 Å². The molecule has 188 valence electrons. The molecule has 0 unspecified atom stereocenters. The summed E-state index contributed by atoms with van der Waals surface area (Å²) in [6.45, 7) is 14.6. The lowest BCUT2D eigenvalue weighted by Gasteiger charge is -2.21. The summed E-state index contributed by atoms with van der Waals surface area (Å²) in [5.41, 5.74) is 6.69. The van der Waals surface area contributed by atoms with Crippen molar-refractivity contribution in [3.05, 3.63) is 71.2 Å². The first-order chi connectivity index (χ1) is 17.0. The minimum Gasteiger partial charge on any atom is -0.496 e. The molecule has 1 amide bonds. The van der Waals surface area contributed by atoms with E-state index in [1.165, 1.54) is 0 Å². The summed E-state index contributed by atoms with van der Waals surface area (Å²) in [6, 6.07) is 11.7. The Morgan fingerprint density at radius 2 is 1.83 bits per heavy atom. The number of methoxy groups -OCH3 is 1. The Bertz CT molecular complexity index is 1410. The van der Waals surface area contributed by atoms with Gasteiger partial charge < -0.3 is 10.1 Å². The fourth-order valence-electron chi connectivity index (χ4n) is 4.18. The van der Waals surface area contributed by atoms with Gasteiger partial charge in [0.15, 0.2) is 0 Å². The topological polar surface area (TPSA) is 86.9 Å². The first-order valence-electron chi connectivity index (χ1n) is 12.1. The molecule has 2 heterocycles. The van der Waals surface area contributed by atoms with Crippen LogP contribution in [-0.4, -0.2) is 37.8 Å². The second-order valence-electron chi connectivity index (χ2n) is 10.4. The maximum Gasteiger partial charge on any atom is 0.259 e. The maximum atomic E-state index is 13.3. The van der Waals surface area contributed by atoms with Crippen LogP contribution in [0.25, 0.3) is 16.9 Å². The molecule has 0 saturated carbocycles. The number of nitrogens with zero attached hydrogens (tertiary/aromatic N) is 5. The van der Waals surface area contributed by atoms with Crippen molar-refractivity contribution in [2.45, 2.75) is 59.9 Å². The Kier molecular flexibility index (Phi) is 6.71. The number of rotatable bonds is 6. The van der Waals surface area contributed by atoms with Crippen LogP contribution in [0.3, 0.4) is 0 Å². The average Bonchev–Trinajstić information content (AvgIpc) is 3.45. The number of amides is 1. The van der Waals surface area contributed by atoms with E-state index < -0.39 is 0 Å². The van der Waals surface area contributed by atoms with Crippen molar-refractivity contribution < 1.29 is 9.53 Å². The molecule has 0 aliphatic rings. The zero-order valence-corrected chi connectivity index (χ0v) is 22.2. The third kappa shape index (κ3) is 4.89. The van der Waals surface area contributed by atoms with Gasteiger partial charge in [0.05, 0.1) is 30.8 Å². The monoisotopic (exact) mass is 486 g/mol. The maximum absolute atomic E-state index is 13.3. The van der Waals surface area contributed by atoms with E-state index in [0.717, 1.165) is 33.8 Å². The van der Waals surface area contributed by atoms with Crippen molar-refractivity contribution in [1.82, 2.24) is 24.8 Å². The number of hydrogen-bond acceptors (Lipinski definition) is 5. The summed E-state index contributed by atoms with van der Waals surface area (Å²) in [6.07, 6.45) is 3.71. The fraction of sp³-hybridized carbons (Fsp3) is 0.357. The minimum atomic E-state index is -0.233. The molecule has 0 saturated heterocycles. The Morgan fingerprint density at radius 1 is 1.08 bits per heavy atom. The van der Waals surface area contributed by atoms with Crippen molar-refractivity contribution in [2.24, 2.45) is 0 Å². The third-order valence-electron chi connectivity index (χ3n) is 6.33. The number of carbonyl (C=O) groups is 1. The van der Waals surface area contributed by atoms with E-state index in [2.05, 4.69) is 55.3 Å². The highest BCUT2D eigenvalue weighted by molar-refractivity contribution is 6.06. The lowest BCUT2D eigenvalue weighted by atomic mass is 9.86. The zero-order valence-electron chi connectivity index (χ0n) is 22.2. The highest BCUT2D eigenvalue weighted by Gasteiger charge is 2.20. The Hall–Kier alpha value is -3.94. The van der Waals surface area contributed by atoms with Crippen molar-refractivity contribution in [2.75, 3.05) is 12.4 Å². The van der Waals surface area contributed by atoms with E-state index in [4.69, 9.17) is 4.74 Å². The van der Waals surface area contributed by atoms with Gasteiger partial charge in [0.25, 0.3) is 5.91 Å². The molecule has 0 aliphatic heterocycles. The quantitative estimate of drug-likeness (QED) is 0.367. The first-order valence-corrected chi connectivity index (χ1v) is 12.1. The van der Waals surface area contributed by atoms with E-state index in [9.17, 15) is 4.79 Å².